The number of hydrogen-bond acceptors (Lipinski definition) is 2. The molecule has 100 valence electrons. The molecule has 0 aliphatic heterocycles. The van der Waals surface area contributed by atoms with E-state index in [1.165, 1.54) is 18.2 Å². The van der Waals surface area contributed by atoms with Crippen LogP contribution in [0.2, 0.25) is 0 Å². The fourth-order valence-electron chi connectivity index (χ4n) is 1.10. The maximum atomic E-state index is 13.4. The minimum atomic E-state index is -2.98. The Morgan fingerprint density at radius 2 is 1.83 bits per heavy atom. The van der Waals surface area contributed by atoms with E-state index in [2.05, 4.69) is 4.40 Å². The fourth-order valence-corrected chi connectivity index (χ4v) is 1.73. The van der Waals surface area contributed by atoms with Crippen molar-refractivity contribution in [3.63, 3.8) is 0 Å². The van der Waals surface area contributed by atoms with Gasteiger partial charge in [0.05, 0.1) is 0 Å². The Morgan fingerprint density at radius 1 is 1.28 bits per heavy atom. The van der Waals surface area contributed by atoms with Crippen LogP contribution in [0.4, 0.5) is 13.2 Å². The third kappa shape index (κ3) is 3.74. The number of halogens is 3. The molecule has 2 nitrogen and oxygen atoms in total. The van der Waals surface area contributed by atoms with Crippen molar-refractivity contribution in [3.05, 3.63) is 35.6 Å². The quantitative estimate of drug-likeness (QED) is 0.616. The Bertz CT molecular complexity index is 443. The fraction of sp³-hybridized carbons (Fsp3) is 0.417. The SMILES string of the molecule is CC(C)(C)[S@+]([O-])/N=C(/c1ccccc1F)C(F)F. The number of alkyl halides is 2. The molecule has 1 rings (SSSR count). The molecule has 0 saturated carbocycles. The highest BCUT2D eigenvalue weighted by atomic mass is 32.2. The van der Waals surface area contributed by atoms with Gasteiger partial charge in [0.2, 0.25) is 0 Å². The number of rotatable bonds is 3. The van der Waals surface area contributed by atoms with Crippen molar-refractivity contribution in [1.82, 2.24) is 0 Å². The molecule has 0 aromatic heterocycles. The second kappa shape index (κ2) is 5.75. The molecule has 1 aromatic carbocycles. The minimum absolute atomic E-state index is 0.315. The van der Waals surface area contributed by atoms with E-state index in [9.17, 15) is 17.7 Å². The average molecular weight is 277 g/mol. The summed E-state index contributed by atoms with van der Waals surface area (Å²) >= 11 is -1.86. The molecular formula is C12H14F3NOS. The highest BCUT2D eigenvalue weighted by molar-refractivity contribution is 7.91. The van der Waals surface area contributed by atoms with Crippen LogP contribution < -0.4 is 0 Å². The molecular weight excluding hydrogens is 263 g/mol. The van der Waals surface area contributed by atoms with Gasteiger partial charge in [-0.15, -0.1) is 0 Å². The van der Waals surface area contributed by atoms with Crippen molar-refractivity contribution >= 4 is 17.1 Å². The van der Waals surface area contributed by atoms with E-state index < -0.39 is 34.1 Å². The van der Waals surface area contributed by atoms with Gasteiger partial charge < -0.3 is 4.55 Å². The van der Waals surface area contributed by atoms with Crippen LogP contribution in [-0.4, -0.2) is 21.4 Å². The summed E-state index contributed by atoms with van der Waals surface area (Å²) in [6.07, 6.45) is -2.98. The molecule has 0 unspecified atom stereocenters. The highest BCUT2D eigenvalue weighted by Gasteiger charge is 2.30. The summed E-state index contributed by atoms with van der Waals surface area (Å²) in [5.74, 6) is -0.803. The van der Waals surface area contributed by atoms with Gasteiger partial charge >= 0.3 is 0 Å². The lowest BCUT2D eigenvalue weighted by Crippen LogP contribution is -2.28. The van der Waals surface area contributed by atoms with Crippen molar-refractivity contribution < 1.29 is 17.7 Å². The summed E-state index contributed by atoms with van der Waals surface area (Å²) in [6.45, 7) is 4.82. The van der Waals surface area contributed by atoms with E-state index in [-0.39, 0.29) is 5.56 Å². The molecule has 0 saturated heterocycles. The zero-order valence-corrected chi connectivity index (χ0v) is 11.1. The summed E-state index contributed by atoms with van der Waals surface area (Å²) in [5.41, 5.74) is -1.09. The van der Waals surface area contributed by atoms with Gasteiger partial charge in [0, 0.05) is 5.56 Å². The van der Waals surface area contributed by atoms with Gasteiger partial charge in [-0.1, -0.05) is 16.5 Å². The molecule has 0 aliphatic rings. The summed E-state index contributed by atoms with van der Waals surface area (Å²) in [4.78, 5) is 0. The van der Waals surface area contributed by atoms with Crippen molar-refractivity contribution in [2.75, 3.05) is 0 Å². The summed E-state index contributed by atoms with van der Waals surface area (Å²) in [5, 5.41) is 0. The third-order valence-corrected chi connectivity index (χ3v) is 3.47. The number of nitrogens with zero attached hydrogens (tertiary/aromatic N) is 1. The maximum Gasteiger partial charge on any atom is 0.285 e. The molecule has 0 spiro atoms. The molecule has 18 heavy (non-hydrogen) atoms. The van der Waals surface area contributed by atoms with Gasteiger partial charge in [-0.25, -0.2) is 13.2 Å². The molecule has 0 aliphatic carbocycles. The first kappa shape index (κ1) is 15.0. The predicted molar refractivity (Wildman–Crippen MR) is 66.8 cm³/mol. The lowest BCUT2D eigenvalue weighted by atomic mass is 10.1. The Labute approximate surface area is 107 Å². The molecule has 0 amide bonds. The molecule has 0 bridgehead atoms. The van der Waals surface area contributed by atoms with Crippen LogP contribution in [0.15, 0.2) is 28.7 Å². The molecule has 1 atom stereocenters. The van der Waals surface area contributed by atoms with Crippen LogP contribution >= 0.6 is 0 Å². The van der Waals surface area contributed by atoms with Gasteiger partial charge in [0.1, 0.15) is 21.9 Å². The second-order valence-electron chi connectivity index (χ2n) is 4.62. The first-order valence-corrected chi connectivity index (χ1v) is 6.38. The normalized spacial score (nSPS) is 15.0. The molecule has 0 fully saturated rings. The van der Waals surface area contributed by atoms with Crippen molar-refractivity contribution in [2.45, 2.75) is 31.9 Å². The Kier molecular flexibility index (Phi) is 4.81. The van der Waals surface area contributed by atoms with E-state index in [1.807, 2.05) is 0 Å². The van der Waals surface area contributed by atoms with E-state index in [0.717, 1.165) is 6.07 Å². The van der Waals surface area contributed by atoms with Crippen LogP contribution in [0.1, 0.15) is 26.3 Å². The third-order valence-electron chi connectivity index (χ3n) is 2.06. The topological polar surface area (TPSA) is 35.4 Å². The Hall–Kier alpha value is -1.01. The first-order valence-electron chi connectivity index (χ1n) is 5.27. The van der Waals surface area contributed by atoms with E-state index in [4.69, 9.17) is 0 Å². The van der Waals surface area contributed by atoms with Crippen LogP contribution in [0.5, 0.6) is 0 Å². The predicted octanol–water partition coefficient (Wildman–Crippen LogP) is 3.34. The molecule has 0 radical (unpaired) electrons. The second-order valence-corrected chi connectivity index (χ2v) is 6.52. The van der Waals surface area contributed by atoms with Crippen molar-refractivity contribution in [2.24, 2.45) is 4.40 Å². The highest BCUT2D eigenvalue weighted by Crippen LogP contribution is 2.21. The minimum Gasteiger partial charge on any atom is -0.591 e. The lowest BCUT2D eigenvalue weighted by molar-refractivity contribution is 0.226. The summed E-state index contributed by atoms with van der Waals surface area (Å²) < 4.78 is 53.6. The standard InChI is InChI=1S/C12H14F3NOS/c1-12(2,3)18(17)16-10(11(14)15)8-6-4-5-7-9(8)13/h4-7,11H,1-3H3/b16-10-/t18-/m0/s1. The van der Waals surface area contributed by atoms with Crippen molar-refractivity contribution in [1.29, 1.82) is 0 Å². The van der Waals surface area contributed by atoms with Crippen molar-refractivity contribution in [3.8, 4) is 0 Å². The molecule has 6 heteroatoms. The van der Waals surface area contributed by atoms with Crippen LogP contribution in [0.3, 0.4) is 0 Å². The average Bonchev–Trinajstić information content (AvgIpc) is 2.25. The Morgan fingerprint density at radius 3 is 2.28 bits per heavy atom. The monoisotopic (exact) mass is 277 g/mol. The largest absolute Gasteiger partial charge is 0.591 e. The number of hydrogen-bond donors (Lipinski definition) is 0. The number of benzene rings is 1. The zero-order valence-electron chi connectivity index (χ0n) is 10.3. The summed E-state index contributed by atoms with van der Waals surface area (Å²) in [7, 11) is 0. The van der Waals surface area contributed by atoms with Crippen LogP contribution in [-0.2, 0) is 11.4 Å². The molecule has 0 N–H and O–H groups in total. The smallest absolute Gasteiger partial charge is 0.285 e. The Balaban J connectivity index is 3.20. The lowest BCUT2D eigenvalue weighted by Gasteiger charge is -2.19. The van der Waals surface area contributed by atoms with Crippen LogP contribution in [0.25, 0.3) is 0 Å². The van der Waals surface area contributed by atoms with Crippen LogP contribution in [0, 0.1) is 5.82 Å². The maximum absolute atomic E-state index is 13.4. The van der Waals surface area contributed by atoms with Gasteiger partial charge in [-0.2, -0.15) is 0 Å². The summed E-state index contributed by atoms with van der Waals surface area (Å²) in [6, 6.07) is 5.08. The van der Waals surface area contributed by atoms with Gasteiger partial charge in [0.15, 0.2) is 5.71 Å². The zero-order chi connectivity index (χ0) is 13.9. The molecule has 0 heterocycles. The molecule has 1 aromatic rings. The van der Waals surface area contributed by atoms with Gasteiger partial charge in [-0.3, -0.25) is 0 Å². The van der Waals surface area contributed by atoms with Gasteiger partial charge in [0.25, 0.3) is 6.43 Å². The first-order chi connectivity index (χ1) is 8.23. The van der Waals surface area contributed by atoms with Gasteiger partial charge in [-0.05, 0) is 32.9 Å². The van der Waals surface area contributed by atoms with E-state index in [0.29, 0.717) is 0 Å². The van der Waals surface area contributed by atoms with E-state index >= 15 is 0 Å². The van der Waals surface area contributed by atoms with E-state index in [1.54, 1.807) is 20.8 Å².